The van der Waals surface area contributed by atoms with Crippen molar-refractivity contribution in [3.05, 3.63) is 59.9 Å². The molecule has 4 rings (SSSR count). The summed E-state index contributed by atoms with van der Waals surface area (Å²) in [4.78, 5) is 21.9. The van der Waals surface area contributed by atoms with Gasteiger partial charge in [-0.1, -0.05) is 6.07 Å². The lowest BCUT2D eigenvalue weighted by Crippen LogP contribution is -2.42. The molecule has 0 unspecified atom stereocenters. The van der Waals surface area contributed by atoms with Gasteiger partial charge in [-0.25, -0.2) is 9.97 Å². The highest BCUT2D eigenvalue weighted by Gasteiger charge is 2.31. The van der Waals surface area contributed by atoms with Crippen LogP contribution in [0.1, 0.15) is 28.9 Å². The van der Waals surface area contributed by atoms with Crippen LogP contribution in [0.5, 0.6) is 5.88 Å². The Morgan fingerprint density at radius 3 is 2.52 bits per heavy atom. The van der Waals surface area contributed by atoms with Gasteiger partial charge in [0.2, 0.25) is 11.8 Å². The molecule has 4 heterocycles. The Hall–Kier alpha value is -3.17. The van der Waals surface area contributed by atoms with Crippen molar-refractivity contribution >= 4 is 11.6 Å². The van der Waals surface area contributed by atoms with Crippen molar-refractivity contribution in [2.24, 2.45) is 0 Å². The van der Waals surface area contributed by atoms with Crippen molar-refractivity contribution in [3.63, 3.8) is 0 Å². The standard InChI is InChI=1S/C19H16F4N4O2/c20-17-16(25-14-3-1-2-8-27(14)17)18(28)26-9-6-13(7-10-26)29-15-5-4-12(11-24-15)19(21,22)23/h1-5,8,11,13H,6-7,9-10H2. The molecule has 0 N–H and O–H groups in total. The number of alkyl halides is 3. The van der Waals surface area contributed by atoms with Crippen LogP contribution in [-0.2, 0) is 6.18 Å². The molecule has 1 amide bonds. The van der Waals surface area contributed by atoms with Crippen LogP contribution in [0.4, 0.5) is 17.6 Å². The number of likely N-dealkylation sites (tertiary alicyclic amines) is 1. The van der Waals surface area contributed by atoms with Crippen LogP contribution in [0.25, 0.3) is 5.65 Å². The number of pyridine rings is 2. The van der Waals surface area contributed by atoms with Crippen molar-refractivity contribution in [2.75, 3.05) is 13.1 Å². The average molecular weight is 408 g/mol. The van der Waals surface area contributed by atoms with Crippen LogP contribution in [0, 0.1) is 5.95 Å². The molecule has 3 aromatic heterocycles. The highest BCUT2D eigenvalue weighted by atomic mass is 19.4. The summed E-state index contributed by atoms with van der Waals surface area (Å²) in [5.74, 6) is -1.12. The van der Waals surface area contributed by atoms with Gasteiger partial charge in [-0.3, -0.25) is 9.20 Å². The van der Waals surface area contributed by atoms with Crippen LogP contribution in [0.3, 0.4) is 0 Å². The zero-order valence-corrected chi connectivity index (χ0v) is 15.1. The first-order valence-corrected chi connectivity index (χ1v) is 8.94. The van der Waals surface area contributed by atoms with E-state index in [4.69, 9.17) is 4.74 Å². The molecule has 10 heteroatoms. The topological polar surface area (TPSA) is 59.7 Å². The fourth-order valence-corrected chi connectivity index (χ4v) is 3.22. The quantitative estimate of drug-likeness (QED) is 0.622. The minimum absolute atomic E-state index is 0.0918. The second-order valence-electron chi connectivity index (χ2n) is 6.67. The van der Waals surface area contributed by atoms with Crippen molar-refractivity contribution in [3.8, 4) is 5.88 Å². The van der Waals surface area contributed by atoms with E-state index in [9.17, 15) is 22.4 Å². The summed E-state index contributed by atoms with van der Waals surface area (Å²) >= 11 is 0. The normalized spacial score (nSPS) is 15.7. The maximum absolute atomic E-state index is 14.5. The average Bonchev–Trinajstić information content (AvgIpc) is 3.05. The summed E-state index contributed by atoms with van der Waals surface area (Å²) in [7, 11) is 0. The first-order chi connectivity index (χ1) is 13.8. The van der Waals surface area contributed by atoms with Gasteiger partial charge in [0.15, 0.2) is 5.69 Å². The Morgan fingerprint density at radius 1 is 1.14 bits per heavy atom. The lowest BCUT2D eigenvalue weighted by molar-refractivity contribution is -0.137. The fraction of sp³-hybridized carbons (Fsp3) is 0.316. The number of rotatable bonds is 3. The van der Waals surface area contributed by atoms with Gasteiger partial charge in [0.1, 0.15) is 11.8 Å². The highest BCUT2D eigenvalue weighted by Crippen LogP contribution is 2.29. The molecule has 6 nitrogen and oxygen atoms in total. The minimum Gasteiger partial charge on any atom is -0.474 e. The molecule has 0 spiro atoms. The molecular weight excluding hydrogens is 392 g/mol. The third-order valence-electron chi connectivity index (χ3n) is 4.75. The number of fused-ring (bicyclic) bond motifs is 1. The van der Waals surface area contributed by atoms with Crippen LogP contribution in [-0.4, -0.2) is 44.4 Å². The summed E-state index contributed by atoms with van der Waals surface area (Å²) in [5.41, 5.74) is -0.736. The van der Waals surface area contributed by atoms with E-state index >= 15 is 0 Å². The summed E-state index contributed by atoms with van der Waals surface area (Å²) < 4.78 is 59.0. The Kier molecular flexibility index (Phi) is 4.85. The smallest absolute Gasteiger partial charge is 0.417 e. The summed E-state index contributed by atoms with van der Waals surface area (Å²) in [6.07, 6.45) is -1.64. The molecular formula is C19H16F4N4O2. The zero-order valence-electron chi connectivity index (χ0n) is 15.1. The summed E-state index contributed by atoms with van der Waals surface area (Å²) in [5, 5.41) is 0. The second kappa shape index (κ2) is 7.34. The molecule has 0 saturated carbocycles. The third-order valence-corrected chi connectivity index (χ3v) is 4.75. The van der Waals surface area contributed by atoms with E-state index in [1.807, 2.05) is 0 Å². The molecule has 0 aliphatic carbocycles. The number of carbonyl (C=O) groups excluding carboxylic acids is 1. The van der Waals surface area contributed by atoms with Gasteiger partial charge >= 0.3 is 6.18 Å². The molecule has 0 radical (unpaired) electrons. The predicted octanol–water partition coefficient (Wildman–Crippen LogP) is 3.57. The van der Waals surface area contributed by atoms with Crippen LogP contribution in [0.2, 0.25) is 0 Å². The Balaban J connectivity index is 1.37. The van der Waals surface area contributed by atoms with E-state index < -0.39 is 23.6 Å². The number of amides is 1. The molecule has 0 aromatic carbocycles. The molecule has 3 aromatic rings. The molecule has 152 valence electrons. The van der Waals surface area contributed by atoms with Gasteiger partial charge in [0.25, 0.3) is 5.91 Å². The minimum atomic E-state index is -4.45. The van der Waals surface area contributed by atoms with Crippen LogP contribution >= 0.6 is 0 Å². The molecule has 1 saturated heterocycles. The molecule has 29 heavy (non-hydrogen) atoms. The third kappa shape index (κ3) is 3.87. The Bertz CT molecular complexity index is 1020. The lowest BCUT2D eigenvalue weighted by Gasteiger charge is -2.31. The Labute approximate surface area is 162 Å². The molecule has 0 atom stereocenters. The van der Waals surface area contributed by atoms with E-state index in [0.717, 1.165) is 12.3 Å². The first-order valence-electron chi connectivity index (χ1n) is 8.94. The maximum atomic E-state index is 14.5. The van der Waals surface area contributed by atoms with Crippen LogP contribution in [0.15, 0.2) is 42.7 Å². The van der Waals surface area contributed by atoms with E-state index in [1.165, 1.54) is 21.6 Å². The number of imidazole rings is 1. The fourth-order valence-electron chi connectivity index (χ4n) is 3.22. The lowest BCUT2D eigenvalue weighted by atomic mass is 10.1. The molecule has 0 bridgehead atoms. The van der Waals surface area contributed by atoms with E-state index in [0.29, 0.717) is 31.6 Å². The maximum Gasteiger partial charge on any atom is 0.417 e. The monoisotopic (exact) mass is 408 g/mol. The van der Waals surface area contributed by atoms with Gasteiger partial charge in [-0.05, 0) is 18.2 Å². The number of aromatic nitrogens is 3. The zero-order chi connectivity index (χ0) is 20.6. The van der Waals surface area contributed by atoms with Crippen molar-refractivity contribution in [1.82, 2.24) is 19.3 Å². The van der Waals surface area contributed by atoms with Crippen molar-refractivity contribution in [1.29, 1.82) is 0 Å². The summed E-state index contributed by atoms with van der Waals surface area (Å²) in [6.45, 7) is 0.634. The number of hydrogen-bond acceptors (Lipinski definition) is 4. The van der Waals surface area contributed by atoms with E-state index in [2.05, 4.69) is 9.97 Å². The highest BCUT2D eigenvalue weighted by molar-refractivity contribution is 5.93. The number of ether oxygens (including phenoxy) is 1. The second-order valence-corrected chi connectivity index (χ2v) is 6.67. The largest absolute Gasteiger partial charge is 0.474 e. The van der Waals surface area contributed by atoms with Gasteiger partial charge < -0.3 is 9.64 Å². The van der Waals surface area contributed by atoms with E-state index in [-0.39, 0.29) is 17.7 Å². The molecule has 1 aliphatic rings. The number of piperidine rings is 1. The van der Waals surface area contributed by atoms with Crippen molar-refractivity contribution in [2.45, 2.75) is 25.1 Å². The van der Waals surface area contributed by atoms with Crippen LogP contribution < -0.4 is 4.74 Å². The first kappa shape index (κ1) is 19.2. The number of hydrogen-bond donors (Lipinski definition) is 0. The number of halogens is 4. The number of nitrogens with zero attached hydrogens (tertiary/aromatic N) is 4. The number of carbonyl (C=O) groups is 1. The Morgan fingerprint density at radius 2 is 1.90 bits per heavy atom. The van der Waals surface area contributed by atoms with Gasteiger partial charge in [-0.15, -0.1) is 0 Å². The van der Waals surface area contributed by atoms with Gasteiger partial charge in [0.05, 0.1) is 5.56 Å². The van der Waals surface area contributed by atoms with Crippen molar-refractivity contribution < 1.29 is 27.1 Å². The molecule has 1 fully saturated rings. The summed E-state index contributed by atoms with van der Waals surface area (Å²) in [6, 6.07) is 7.04. The SMILES string of the molecule is O=C(c1nc2ccccn2c1F)N1CCC(Oc2ccc(C(F)(F)F)cn2)CC1. The van der Waals surface area contributed by atoms with E-state index in [1.54, 1.807) is 18.2 Å². The van der Waals surface area contributed by atoms with Gasteiger partial charge in [-0.2, -0.15) is 17.6 Å². The van der Waals surface area contributed by atoms with Gasteiger partial charge in [0, 0.05) is 44.4 Å². The predicted molar refractivity (Wildman–Crippen MR) is 93.9 cm³/mol. The molecule has 1 aliphatic heterocycles.